The lowest BCUT2D eigenvalue weighted by Crippen LogP contribution is -2.18. The molecule has 128 valence electrons. The molecule has 2 aromatic carbocycles. The van der Waals surface area contributed by atoms with Gasteiger partial charge in [-0.25, -0.2) is 0 Å². The number of hydrogen-bond acceptors (Lipinski definition) is 2. The molecule has 0 saturated heterocycles. The maximum Gasteiger partial charge on any atom is 0.244 e. The molecule has 0 bridgehead atoms. The van der Waals surface area contributed by atoms with Crippen molar-refractivity contribution in [1.29, 1.82) is 0 Å². The summed E-state index contributed by atoms with van der Waals surface area (Å²) in [5.41, 5.74) is 3.40. The predicted molar refractivity (Wildman–Crippen MR) is 101 cm³/mol. The van der Waals surface area contributed by atoms with E-state index in [9.17, 15) is 9.59 Å². The maximum absolute atomic E-state index is 12.5. The molecule has 1 aromatic heterocycles. The molecular formula is C21H22N2O2. The van der Waals surface area contributed by atoms with Crippen LogP contribution in [0.1, 0.15) is 29.8 Å². The second kappa shape index (κ2) is 6.93. The monoisotopic (exact) mass is 334 g/mol. The molecule has 0 fully saturated rings. The summed E-state index contributed by atoms with van der Waals surface area (Å²) in [6.45, 7) is 5.90. The number of benzene rings is 2. The number of fused-ring (bicyclic) bond motifs is 1. The van der Waals surface area contributed by atoms with Crippen LogP contribution in [0.4, 0.5) is 5.69 Å². The van der Waals surface area contributed by atoms with Gasteiger partial charge in [0.2, 0.25) is 5.91 Å². The fourth-order valence-electron chi connectivity index (χ4n) is 2.94. The minimum absolute atomic E-state index is 0.0833. The fraction of sp³-hybridized carbons (Fsp3) is 0.238. The van der Waals surface area contributed by atoms with Crippen molar-refractivity contribution in [3.05, 3.63) is 65.9 Å². The topological polar surface area (TPSA) is 51.1 Å². The van der Waals surface area contributed by atoms with Crippen molar-refractivity contribution in [2.24, 2.45) is 5.92 Å². The summed E-state index contributed by atoms with van der Waals surface area (Å²) >= 11 is 0. The van der Waals surface area contributed by atoms with Crippen molar-refractivity contribution in [3.8, 4) is 0 Å². The van der Waals surface area contributed by atoms with E-state index in [1.54, 1.807) is 6.20 Å². The number of aromatic nitrogens is 1. The highest BCUT2D eigenvalue weighted by molar-refractivity contribution is 6.09. The Labute approximate surface area is 147 Å². The lowest BCUT2D eigenvalue weighted by molar-refractivity contribution is -0.116. The van der Waals surface area contributed by atoms with Gasteiger partial charge in [0.15, 0.2) is 5.78 Å². The zero-order valence-corrected chi connectivity index (χ0v) is 14.7. The molecule has 0 aliphatic heterocycles. The van der Waals surface area contributed by atoms with Gasteiger partial charge in [0.1, 0.15) is 6.54 Å². The van der Waals surface area contributed by atoms with Gasteiger partial charge < -0.3 is 9.88 Å². The van der Waals surface area contributed by atoms with Gasteiger partial charge in [0, 0.05) is 34.3 Å². The number of anilines is 1. The quantitative estimate of drug-likeness (QED) is 0.702. The average molecular weight is 334 g/mol. The van der Waals surface area contributed by atoms with Gasteiger partial charge in [-0.05, 0) is 24.6 Å². The number of nitrogens with one attached hydrogen (secondary N) is 1. The van der Waals surface area contributed by atoms with Crippen molar-refractivity contribution in [1.82, 2.24) is 4.57 Å². The SMILES string of the molecule is Cc1ccccc1NC(=O)Cn1cc(C(=O)C(C)C)c2ccccc21. The fourth-order valence-corrected chi connectivity index (χ4v) is 2.94. The Bertz CT molecular complexity index is 938. The van der Waals surface area contributed by atoms with Crippen LogP contribution in [0.25, 0.3) is 10.9 Å². The summed E-state index contributed by atoms with van der Waals surface area (Å²) in [6, 6.07) is 15.4. The molecular weight excluding hydrogens is 312 g/mol. The average Bonchev–Trinajstić information content (AvgIpc) is 2.95. The molecule has 0 atom stereocenters. The summed E-state index contributed by atoms with van der Waals surface area (Å²) in [5, 5.41) is 3.83. The second-order valence-electron chi connectivity index (χ2n) is 6.57. The molecule has 1 amide bonds. The number of Topliss-reactive ketones (excluding diaryl/α,β-unsaturated/α-hetero) is 1. The van der Waals surface area contributed by atoms with E-state index in [2.05, 4.69) is 5.32 Å². The van der Waals surface area contributed by atoms with E-state index in [1.807, 2.05) is 73.9 Å². The third kappa shape index (κ3) is 3.48. The van der Waals surface area contributed by atoms with Gasteiger partial charge in [0.25, 0.3) is 0 Å². The van der Waals surface area contributed by atoms with Crippen LogP contribution in [-0.2, 0) is 11.3 Å². The summed E-state index contributed by atoms with van der Waals surface area (Å²) < 4.78 is 1.85. The van der Waals surface area contributed by atoms with Crippen LogP contribution in [0.15, 0.2) is 54.7 Å². The number of rotatable bonds is 5. The molecule has 0 aliphatic rings. The first-order chi connectivity index (χ1) is 12.0. The third-order valence-corrected chi connectivity index (χ3v) is 4.31. The van der Waals surface area contributed by atoms with Crippen LogP contribution >= 0.6 is 0 Å². The van der Waals surface area contributed by atoms with Gasteiger partial charge in [0.05, 0.1) is 0 Å². The summed E-state index contributed by atoms with van der Waals surface area (Å²) in [5.74, 6) is -0.104. The number of amides is 1. The maximum atomic E-state index is 12.5. The van der Waals surface area contributed by atoms with Crippen LogP contribution in [-0.4, -0.2) is 16.3 Å². The highest BCUT2D eigenvalue weighted by Crippen LogP contribution is 2.24. The molecule has 0 unspecified atom stereocenters. The van der Waals surface area contributed by atoms with Crippen molar-refractivity contribution < 1.29 is 9.59 Å². The Morgan fingerprint density at radius 3 is 2.44 bits per heavy atom. The summed E-state index contributed by atoms with van der Waals surface area (Å²) in [4.78, 5) is 25.0. The second-order valence-corrected chi connectivity index (χ2v) is 6.57. The largest absolute Gasteiger partial charge is 0.337 e. The van der Waals surface area contributed by atoms with E-state index < -0.39 is 0 Å². The minimum Gasteiger partial charge on any atom is -0.337 e. The van der Waals surface area contributed by atoms with Crippen LogP contribution in [0.3, 0.4) is 0 Å². The zero-order valence-electron chi connectivity index (χ0n) is 14.7. The summed E-state index contributed by atoms with van der Waals surface area (Å²) in [7, 11) is 0. The molecule has 25 heavy (non-hydrogen) atoms. The third-order valence-electron chi connectivity index (χ3n) is 4.31. The normalized spacial score (nSPS) is 11.0. The van der Waals surface area contributed by atoms with E-state index in [4.69, 9.17) is 0 Å². The lowest BCUT2D eigenvalue weighted by Gasteiger charge is -2.09. The standard InChI is InChI=1S/C21H22N2O2/c1-14(2)21(25)17-12-23(19-11-7-5-9-16(17)19)13-20(24)22-18-10-6-4-8-15(18)3/h4-12,14H,13H2,1-3H3,(H,22,24). The van der Waals surface area contributed by atoms with Gasteiger partial charge in [-0.1, -0.05) is 50.2 Å². The molecule has 0 aliphatic carbocycles. The van der Waals surface area contributed by atoms with Crippen LogP contribution in [0, 0.1) is 12.8 Å². The Morgan fingerprint density at radius 1 is 1.04 bits per heavy atom. The first-order valence-electron chi connectivity index (χ1n) is 8.45. The van der Waals surface area contributed by atoms with Crippen molar-refractivity contribution in [2.45, 2.75) is 27.3 Å². The Balaban J connectivity index is 1.90. The van der Waals surface area contributed by atoms with Crippen LogP contribution < -0.4 is 5.32 Å². The molecule has 4 nitrogen and oxygen atoms in total. The molecule has 1 heterocycles. The van der Waals surface area contributed by atoms with Gasteiger partial charge >= 0.3 is 0 Å². The molecule has 3 aromatic rings. The molecule has 4 heteroatoms. The first kappa shape index (κ1) is 17.0. The molecule has 3 rings (SSSR count). The van der Waals surface area contributed by atoms with Crippen molar-refractivity contribution in [2.75, 3.05) is 5.32 Å². The Morgan fingerprint density at radius 2 is 1.72 bits per heavy atom. The molecule has 0 spiro atoms. The van der Waals surface area contributed by atoms with Gasteiger partial charge in [-0.2, -0.15) is 0 Å². The lowest BCUT2D eigenvalue weighted by atomic mass is 10.0. The molecule has 1 N–H and O–H groups in total. The number of carbonyl (C=O) groups excluding carboxylic acids is 2. The Kier molecular flexibility index (Phi) is 4.70. The van der Waals surface area contributed by atoms with E-state index >= 15 is 0 Å². The minimum atomic E-state index is -0.112. The predicted octanol–water partition coefficient (Wildman–Crippen LogP) is 4.43. The Hall–Kier alpha value is -2.88. The van der Waals surface area contributed by atoms with E-state index in [1.165, 1.54) is 0 Å². The number of hydrogen-bond donors (Lipinski definition) is 1. The summed E-state index contributed by atoms with van der Waals surface area (Å²) in [6.07, 6.45) is 1.80. The van der Waals surface area contributed by atoms with Crippen LogP contribution in [0.2, 0.25) is 0 Å². The number of nitrogens with zero attached hydrogens (tertiary/aromatic N) is 1. The highest BCUT2D eigenvalue weighted by atomic mass is 16.2. The smallest absolute Gasteiger partial charge is 0.244 e. The van der Waals surface area contributed by atoms with E-state index in [0.717, 1.165) is 22.2 Å². The molecule has 0 radical (unpaired) electrons. The molecule has 0 saturated carbocycles. The number of aryl methyl sites for hydroxylation is 1. The number of carbonyl (C=O) groups is 2. The van der Waals surface area contributed by atoms with Crippen molar-refractivity contribution >= 4 is 28.3 Å². The first-order valence-corrected chi connectivity index (χ1v) is 8.45. The zero-order chi connectivity index (χ0) is 18.0. The van der Waals surface area contributed by atoms with Gasteiger partial charge in [-0.3, -0.25) is 9.59 Å². The highest BCUT2D eigenvalue weighted by Gasteiger charge is 2.18. The number of para-hydroxylation sites is 2. The van der Waals surface area contributed by atoms with E-state index in [-0.39, 0.29) is 24.2 Å². The number of ketones is 1. The van der Waals surface area contributed by atoms with Crippen molar-refractivity contribution in [3.63, 3.8) is 0 Å². The van der Waals surface area contributed by atoms with Crippen LogP contribution in [0.5, 0.6) is 0 Å². The van der Waals surface area contributed by atoms with Gasteiger partial charge in [-0.15, -0.1) is 0 Å². The van der Waals surface area contributed by atoms with E-state index in [0.29, 0.717) is 5.56 Å².